The second kappa shape index (κ2) is 7.59. The fourth-order valence-corrected chi connectivity index (χ4v) is 2.27. The van der Waals surface area contributed by atoms with Gasteiger partial charge >= 0.3 is 17.9 Å². The van der Waals surface area contributed by atoms with Crippen molar-refractivity contribution in [1.82, 2.24) is 0 Å². The van der Waals surface area contributed by atoms with Gasteiger partial charge in [0.2, 0.25) is 0 Å². The van der Waals surface area contributed by atoms with E-state index >= 15 is 0 Å². The molecule has 0 radical (unpaired) electrons. The third-order valence-electron chi connectivity index (χ3n) is 2.40. The van der Waals surface area contributed by atoms with Crippen molar-refractivity contribution in [3.05, 3.63) is 22.2 Å². The zero-order chi connectivity index (χ0) is 17.8. The van der Waals surface area contributed by atoms with Crippen LogP contribution in [0.1, 0.15) is 40.2 Å². The number of halogens is 1. The Kier molecular flexibility index (Phi) is 6.32. The minimum Gasteiger partial charge on any atom is -0.460 e. The number of benzene rings is 1. The monoisotopic (exact) mass is 386 g/mol. The van der Waals surface area contributed by atoms with E-state index in [0.29, 0.717) is 10.0 Å². The highest BCUT2D eigenvalue weighted by Crippen LogP contribution is 2.38. The van der Waals surface area contributed by atoms with E-state index in [1.807, 2.05) is 0 Å². The predicted octanol–water partition coefficient (Wildman–Crippen LogP) is 3.18. The first-order valence-corrected chi connectivity index (χ1v) is 7.69. The molecule has 126 valence electrons. The fraction of sp³-hybridized carbons (Fsp3) is 0.438. The first-order valence-electron chi connectivity index (χ1n) is 6.89. The van der Waals surface area contributed by atoms with Crippen molar-refractivity contribution in [2.24, 2.45) is 0 Å². The lowest BCUT2D eigenvalue weighted by Gasteiger charge is -2.20. The highest BCUT2D eigenvalue weighted by Gasteiger charge is 2.21. The van der Waals surface area contributed by atoms with Crippen LogP contribution in [-0.2, 0) is 25.5 Å². The molecule has 0 aliphatic carbocycles. The molecule has 0 heterocycles. The molecule has 0 amide bonds. The zero-order valence-electron chi connectivity index (χ0n) is 13.7. The van der Waals surface area contributed by atoms with Crippen LogP contribution in [0.25, 0.3) is 0 Å². The molecule has 0 spiro atoms. The molecular formula is C16H19BrO6. The van der Waals surface area contributed by atoms with Crippen LogP contribution in [0, 0.1) is 0 Å². The summed E-state index contributed by atoms with van der Waals surface area (Å²) < 4.78 is 15.7. The maximum absolute atomic E-state index is 11.9. The topological polar surface area (TPSA) is 78.9 Å². The van der Waals surface area contributed by atoms with Crippen molar-refractivity contribution >= 4 is 33.8 Å². The fourth-order valence-electron chi connectivity index (χ4n) is 1.72. The maximum atomic E-state index is 11.9. The van der Waals surface area contributed by atoms with Crippen LogP contribution < -0.4 is 9.47 Å². The molecule has 0 bridgehead atoms. The Labute approximate surface area is 143 Å². The predicted molar refractivity (Wildman–Crippen MR) is 86.3 cm³/mol. The van der Waals surface area contributed by atoms with Gasteiger partial charge in [-0.15, -0.1) is 0 Å². The molecule has 0 saturated carbocycles. The molecule has 0 atom stereocenters. The Bertz CT molecular complexity index is 630. The van der Waals surface area contributed by atoms with E-state index in [1.165, 1.54) is 19.9 Å². The van der Waals surface area contributed by atoms with Crippen molar-refractivity contribution in [1.29, 1.82) is 0 Å². The number of carbonyl (C=O) groups is 3. The van der Waals surface area contributed by atoms with Crippen molar-refractivity contribution in [2.45, 2.75) is 46.6 Å². The number of hydrogen-bond acceptors (Lipinski definition) is 6. The van der Waals surface area contributed by atoms with Gasteiger partial charge in [-0.2, -0.15) is 0 Å². The Balaban J connectivity index is 3.13. The van der Waals surface area contributed by atoms with Crippen LogP contribution in [-0.4, -0.2) is 23.5 Å². The summed E-state index contributed by atoms with van der Waals surface area (Å²) in [6.07, 6.45) is -0.0214. The van der Waals surface area contributed by atoms with E-state index in [0.717, 1.165) is 0 Å². The third kappa shape index (κ3) is 6.40. The molecule has 0 aliphatic rings. The number of esters is 3. The van der Waals surface area contributed by atoms with Crippen LogP contribution in [0.2, 0.25) is 0 Å². The summed E-state index contributed by atoms with van der Waals surface area (Å²) in [5, 5.41) is 0. The van der Waals surface area contributed by atoms with Gasteiger partial charge in [0.15, 0.2) is 11.5 Å². The molecule has 23 heavy (non-hydrogen) atoms. The van der Waals surface area contributed by atoms with Crippen molar-refractivity contribution in [3.8, 4) is 11.5 Å². The molecule has 1 aromatic carbocycles. The second-order valence-corrected chi connectivity index (χ2v) is 6.61. The molecular weight excluding hydrogens is 368 g/mol. The lowest BCUT2D eigenvalue weighted by molar-refractivity contribution is -0.154. The number of rotatable bonds is 4. The van der Waals surface area contributed by atoms with E-state index in [1.54, 1.807) is 26.8 Å². The Morgan fingerprint density at radius 2 is 1.61 bits per heavy atom. The van der Waals surface area contributed by atoms with E-state index < -0.39 is 23.5 Å². The summed E-state index contributed by atoms with van der Waals surface area (Å²) >= 11 is 3.28. The van der Waals surface area contributed by atoms with Crippen LogP contribution in [0.3, 0.4) is 0 Å². The smallest absolute Gasteiger partial charge is 0.310 e. The minimum absolute atomic E-state index is 0.0214. The molecule has 0 unspecified atom stereocenters. The molecule has 0 fully saturated rings. The van der Waals surface area contributed by atoms with Gasteiger partial charge in [-0.3, -0.25) is 14.4 Å². The van der Waals surface area contributed by atoms with Gasteiger partial charge < -0.3 is 14.2 Å². The first-order chi connectivity index (χ1) is 10.5. The van der Waals surface area contributed by atoms with Gasteiger partial charge in [-0.25, -0.2) is 0 Å². The largest absolute Gasteiger partial charge is 0.460 e. The van der Waals surface area contributed by atoms with Crippen LogP contribution >= 0.6 is 15.9 Å². The van der Waals surface area contributed by atoms with E-state index in [2.05, 4.69) is 15.9 Å². The molecule has 1 aromatic rings. The van der Waals surface area contributed by atoms with Gasteiger partial charge in [0.1, 0.15) is 5.60 Å². The third-order valence-corrected chi connectivity index (χ3v) is 3.26. The lowest BCUT2D eigenvalue weighted by Crippen LogP contribution is -2.25. The van der Waals surface area contributed by atoms with Crippen LogP contribution in [0.4, 0.5) is 0 Å². The normalized spacial score (nSPS) is 10.9. The molecule has 6 nitrogen and oxygen atoms in total. The van der Waals surface area contributed by atoms with E-state index in [4.69, 9.17) is 14.2 Å². The SMILES string of the molecule is CC(=O)Oc1ccc(CC(=O)OC(C)(C)C)c(Br)c1OC(C)=O. The zero-order valence-corrected chi connectivity index (χ0v) is 15.3. The molecule has 7 heteroatoms. The summed E-state index contributed by atoms with van der Waals surface area (Å²) in [5.74, 6) is -1.41. The van der Waals surface area contributed by atoms with Crippen molar-refractivity contribution in [2.75, 3.05) is 0 Å². The summed E-state index contributed by atoms with van der Waals surface area (Å²) in [4.78, 5) is 34.3. The Morgan fingerprint density at radius 3 is 2.09 bits per heavy atom. The van der Waals surface area contributed by atoms with Crippen molar-refractivity contribution in [3.63, 3.8) is 0 Å². The average molecular weight is 387 g/mol. The Hall–Kier alpha value is -1.89. The number of carbonyl (C=O) groups excluding carboxylic acids is 3. The van der Waals surface area contributed by atoms with E-state index in [9.17, 15) is 14.4 Å². The van der Waals surface area contributed by atoms with Gasteiger partial charge in [-0.05, 0) is 48.3 Å². The highest BCUT2D eigenvalue weighted by molar-refractivity contribution is 9.10. The average Bonchev–Trinajstić information content (AvgIpc) is 2.34. The van der Waals surface area contributed by atoms with Gasteiger partial charge in [-0.1, -0.05) is 6.07 Å². The molecule has 1 rings (SSSR count). The minimum atomic E-state index is -0.597. The first kappa shape index (κ1) is 19.2. The lowest BCUT2D eigenvalue weighted by atomic mass is 10.1. The quantitative estimate of drug-likeness (QED) is 0.583. The second-order valence-electron chi connectivity index (χ2n) is 5.82. The molecule has 0 saturated heterocycles. The van der Waals surface area contributed by atoms with Gasteiger partial charge in [0.25, 0.3) is 0 Å². The van der Waals surface area contributed by atoms with Gasteiger partial charge in [0.05, 0.1) is 10.9 Å². The summed E-state index contributed by atoms with van der Waals surface area (Å²) in [6.45, 7) is 7.78. The van der Waals surface area contributed by atoms with Crippen molar-refractivity contribution < 1.29 is 28.6 Å². The van der Waals surface area contributed by atoms with Gasteiger partial charge in [0, 0.05) is 13.8 Å². The molecule has 0 aromatic heterocycles. The summed E-state index contributed by atoms with van der Waals surface area (Å²) in [6, 6.07) is 3.06. The highest BCUT2D eigenvalue weighted by atomic mass is 79.9. The summed E-state index contributed by atoms with van der Waals surface area (Å²) in [5.41, 5.74) is -0.0497. The Morgan fingerprint density at radius 1 is 1.04 bits per heavy atom. The molecule has 0 aliphatic heterocycles. The van der Waals surface area contributed by atoms with Crippen LogP contribution in [0.15, 0.2) is 16.6 Å². The molecule has 0 N–H and O–H groups in total. The maximum Gasteiger partial charge on any atom is 0.310 e. The summed E-state index contributed by atoms with van der Waals surface area (Å²) in [7, 11) is 0. The number of hydrogen-bond donors (Lipinski definition) is 0. The van der Waals surface area contributed by atoms with E-state index in [-0.39, 0.29) is 17.9 Å². The number of ether oxygens (including phenoxy) is 3. The van der Waals surface area contributed by atoms with Crippen LogP contribution in [0.5, 0.6) is 11.5 Å². The standard InChI is InChI=1S/C16H19BrO6/c1-9(18)21-12-7-6-11(8-13(20)23-16(3,4)5)14(17)15(12)22-10(2)19/h6-7H,8H2,1-5H3.